The quantitative estimate of drug-likeness (QED) is 0.768. The summed E-state index contributed by atoms with van der Waals surface area (Å²) in [6, 6.07) is 3.35. The highest BCUT2D eigenvalue weighted by Gasteiger charge is 2.19. The number of carbonyl (C=O) groups is 1. The van der Waals surface area contributed by atoms with Gasteiger partial charge in [-0.3, -0.25) is 9.59 Å². The smallest absolute Gasteiger partial charge is 0.266 e. The van der Waals surface area contributed by atoms with E-state index in [-0.39, 0.29) is 11.5 Å². The molecule has 0 radical (unpaired) electrons. The van der Waals surface area contributed by atoms with Crippen LogP contribution in [0.15, 0.2) is 23.1 Å². The fourth-order valence-electron chi connectivity index (χ4n) is 2.23. The van der Waals surface area contributed by atoms with Crippen molar-refractivity contribution in [3.63, 3.8) is 0 Å². The number of nitrogens with zero attached hydrogens (tertiary/aromatic N) is 2. The number of pyridine rings is 1. The minimum Gasteiger partial charge on any atom is -0.481 e. The molecule has 0 unspecified atom stereocenters. The summed E-state index contributed by atoms with van der Waals surface area (Å²) in [5, 5.41) is 3.22. The molecular formula is C15H14N4O3S. The zero-order valence-corrected chi connectivity index (χ0v) is 13.6. The second-order valence-corrected chi connectivity index (χ2v) is 5.93. The second kappa shape index (κ2) is 5.81. The molecule has 0 aromatic carbocycles. The molecular weight excluding hydrogens is 316 g/mol. The summed E-state index contributed by atoms with van der Waals surface area (Å²) < 4.78 is 4.97. The summed E-state index contributed by atoms with van der Waals surface area (Å²) in [7, 11) is 1.52. The zero-order chi connectivity index (χ0) is 16.6. The molecule has 0 aliphatic heterocycles. The van der Waals surface area contributed by atoms with Crippen LogP contribution >= 0.6 is 11.3 Å². The molecule has 0 aliphatic carbocycles. The first kappa shape index (κ1) is 15.2. The van der Waals surface area contributed by atoms with Gasteiger partial charge < -0.3 is 15.0 Å². The van der Waals surface area contributed by atoms with Crippen molar-refractivity contribution >= 4 is 33.1 Å². The summed E-state index contributed by atoms with van der Waals surface area (Å²) in [5.74, 6) is 0.692. The van der Waals surface area contributed by atoms with E-state index in [1.165, 1.54) is 24.6 Å². The van der Waals surface area contributed by atoms with E-state index in [2.05, 4.69) is 20.3 Å². The van der Waals surface area contributed by atoms with Crippen LogP contribution in [0.1, 0.15) is 21.1 Å². The molecule has 0 saturated heterocycles. The molecule has 0 atom stereocenters. The number of fused-ring (bicyclic) bond motifs is 1. The molecule has 118 valence electrons. The molecule has 0 spiro atoms. The molecule has 8 heteroatoms. The number of carbonyl (C=O) groups excluding carboxylic acids is 1. The lowest BCUT2D eigenvalue weighted by Crippen LogP contribution is -2.12. The van der Waals surface area contributed by atoms with Gasteiger partial charge in [0.25, 0.3) is 11.5 Å². The third kappa shape index (κ3) is 2.80. The van der Waals surface area contributed by atoms with Gasteiger partial charge in [-0.25, -0.2) is 9.97 Å². The van der Waals surface area contributed by atoms with Crippen LogP contribution < -0.4 is 15.6 Å². The first-order valence-corrected chi connectivity index (χ1v) is 7.62. The Morgan fingerprint density at radius 3 is 2.78 bits per heavy atom. The van der Waals surface area contributed by atoms with Gasteiger partial charge in [0, 0.05) is 6.07 Å². The number of aryl methyl sites for hydroxylation is 2. The van der Waals surface area contributed by atoms with Crippen LogP contribution in [-0.2, 0) is 0 Å². The second-order valence-electron chi connectivity index (χ2n) is 4.93. The van der Waals surface area contributed by atoms with E-state index >= 15 is 0 Å². The number of hydrogen-bond donors (Lipinski definition) is 2. The van der Waals surface area contributed by atoms with Crippen LogP contribution in [0.25, 0.3) is 10.2 Å². The Kier molecular flexibility index (Phi) is 3.83. The highest BCUT2D eigenvalue weighted by atomic mass is 32.1. The third-order valence-electron chi connectivity index (χ3n) is 3.33. The van der Waals surface area contributed by atoms with Crippen molar-refractivity contribution in [1.29, 1.82) is 0 Å². The van der Waals surface area contributed by atoms with E-state index in [0.717, 1.165) is 0 Å². The number of aromatic nitrogens is 3. The molecule has 23 heavy (non-hydrogen) atoms. The van der Waals surface area contributed by atoms with Gasteiger partial charge in [0.1, 0.15) is 10.7 Å². The molecule has 3 rings (SSSR count). The maximum atomic E-state index is 12.5. The third-order valence-corrected chi connectivity index (χ3v) is 4.51. The number of aromatic amines is 1. The lowest BCUT2D eigenvalue weighted by molar-refractivity contribution is 0.103. The van der Waals surface area contributed by atoms with E-state index < -0.39 is 0 Å². The SMILES string of the molecule is COc1ccc(NC(=O)c2sc3nc(C)[nH]c(=O)c3c2C)cn1. The molecule has 3 heterocycles. The molecule has 0 fully saturated rings. The predicted octanol–water partition coefficient (Wildman–Crippen LogP) is 2.26. The number of amides is 1. The maximum absolute atomic E-state index is 12.5. The Hall–Kier alpha value is -2.74. The molecule has 2 N–H and O–H groups in total. The van der Waals surface area contributed by atoms with Crippen LogP contribution in [0, 0.1) is 13.8 Å². The van der Waals surface area contributed by atoms with Crippen LogP contribution in [0.3, 0.4) is 0 Å². The van der Waals surface area contributed by atoms with Gasteiger partial charge in [-0.15, -0.1) is 11.3 Å². The number of H-pyrrole nitrogens is 1. The number of thiophene rings is 1. The standard InChI is InChI=1S/C15H14N4O3S/c1-7-11-13(20)17-8(2)18-15(11)23-12(7)14(21)19-9-4-5-10(22-3)16-6-9/h4-6H,1-3H3,(H,19,21)(H,17,18,20). The number of hydrogen-bond acceptors (Lipinski definition) is 6. The van der Waals surface area contributed by atoms with Crippen molar-refractivity contribution in [1.82, 2.24) is 15.0 Å². The lowest BCUT2D eigenvalue weighted by atomic mass is 10.2. The Morgan fingerprint density at radius 1 is 1.35 bits per heavy atom. The summed E-state index contributed by atoms with van der Waals surface area (Å²) in [6.07, 6.45) is 1.51. The van der Waals surface area contributed by atoms with Gasteiger partial charge in [0.15, 0.2) is 0 Å². The first-order valence-electron chi connectivity index (χ1n) is 6.81. The fourth-order valence-corrected chi connectivity index (χ4v) is 3.35. The van der Waals surface area contributed by atoms with Crippen LogP contribution in [0.5, 0.6) is 5.88 Å². The Bertz CT molecular complexity index is 944. The van der Waals surface area contributed by atoms with Gasteiger partial charge in [-0.2, -0.15) is 0 Å². The molecule has 0 bridgehead atoms. The average molecular weight is 330 g/mol. The summed E-state index contributed by atoms with van der Waals surface area (Å²) >= 11 is 1.20. The van der Waals surface area contributed by atoms with Crippen molar-refractivity contribution in [2.75, 3.05) is 12.4 Å². The molecule has 3 aromatic rings. The summed E-state index contributed by atoms with van der Waals surface area (Å²) in [4.78, 5) is 36.5. The van der Waals surface area contributed by atoms with Crippen LogP contribution in [-0.4, -0.2) is 28.0 Å². The normalized spacial score (nSPS) is 10.7. The first-order chi connectivity index (χ1) is 11.0. The number of nitrogens with one attached hydrogen (secondary N) is 2. The van der Waals surface area contributed by atoms with Gasteiger partial charge in [-0.05, 0) is 25.5 Å². The zero-order valence-electron chi connectivity index (χ0n) is 12.8. The van der Waals surface area contributed by atoms with Crippen molar-refractivity contribution in [3.8, 4) is 5.88 Å². The van der Waals surface area contributed by atoms with Gasteiger partial charge in [0.2, 0.25) is 5.88 Å². The number of rotatable bonds is 3. The fraction of sp³-hybridized carbons (Fsp3) is 0.200. The van der Waals surface area contributed by atoms with Crippen molar-refractivity contribution in [2.45, 2.75) is 13.8 Å². The van der Waals surface area contributed by atoms with Crippen LogP contribution in [0.4, 0.5) is 5.69 Å². The van der Waals surface area contributed by atoms with E-state index in [0.29, 0.717) is 38.0 Å². The minimum absolute atomic E-state index is 0.230. The monoisotopic (exact) mass is 330 g/mol. The number of methoxy groups -OCH3 is 1. The van der Waals surface area contributed by atoms with E-state index in [1.54, 1.807) is 26.0 Å². The van der Waals surface area contributed by atoms with Crippen molar-refractivity contribution in [3.05, 3.63) is 44.9 Å². The van der Waals surface area contributed by atoms with E-state index in [1.807, 2.05) is 0 Å². The predicted molar refractivity (Wildman–Crippen MR) is 88.5 cm³/mol. The molecule has 3 aromatic heterocycles. The van der Waals surface area contributed by atoms with Crippen molar-refractivity contribution < 1.29 is 9.53 Å². The summed E-state index contributed by atoms with van der Waals surface area (Å²) in [6.45, 7) is 3.45. The average Bonchev–Trinajstić information content (AvgIpc) is 2.85. The van der Waals surface area contributed by atoms with E-state index in [9.17, 15) is 9.59 Å². The van der Waals surface area contributed by atoms with E-state index in [4.69, 9.17) is 4.74 Å². The maximum Gasteiger partial charge on any atom is 0.266 e. The van der Waals surface area contributed by atoms with Gasteiger partial charge in [-0.1, -0.05) is 0 Å². The Labute approximate surface area is 135 Å². The highest BCUT2D eigenvalue weighted by molar-refractivity contribution is 7.20. The largest absolute Gasteiger partial charge is 0.481 e. The topological polar surface area (TPSA) is 97.0 Å². The highest BCUT2D eigenvalue weighted by Crippen LogP contribution is 2.27. The van der Waals surface area contributed by atoms with Crippen LogP contribution in [0.2, 0.25) is 0 Å². The Morgan fingerprint density at radius 2 is 2.13 bits per heavy atom. The lowest BCUT2D eigenvalue weighted by Gasteiger charge is -2.04. The number of ether oxygens (including phenoxy) is 1. The minimum atomic E-state index is -0.297. The van der Waals surface area contributed by atoms with Gasteiger partial charge >= 0.3 is 0 Å². The van der Waals surface area contributed by atoms with Crippen molar-refractivity contribution in [2.24, 2.45) is 0 Å². The Balaban J connectivity index is 1.96. The molecule has 7 nitrogen and oxygen atoms in total. The molecule has 1 amide bonds. The molecule has 0 aliphatic rings. The van der Waals surface area contributed by atoms with Gasteiger partial charge in [0.05, 0.1) is 29.3 Å². The molecule has 0 saturated carbocycles. The number of anilines is 1. The summed E-state index contributed by atoms with van der Waals surface area (Å²) in [5.41, 5.74) is 0.940.